The highest BCUT2D eigenvalue weighted by atomic mass is 79.9. The number of hydrogen-bond donors (Lipinski definition) is 0. The van der Waals surface area contributed by atoms with Crippen molar-refractivity contribution in [3.63, 3.8) is 0 Å². The zero-order valence-corrected chi connectivity index (χ0v) is 11.9. The minimum atomic E-state index is 0. The van der Waals surface area contributed by atoms with Gasteiger partial charge in [-0.15, -0.1) is 0 Å². The van der Waals surface area contributed by atoms with Crippen LogP contribution >= 0.6 is 15.9 Å². The van der Waals surface area contributed by atoms with Crippen LogP contribution in [0.5, 0.6) is 0 Å². The fraction of sp³-hybridized carbons (Fsp3) is 0.385. The molecule has 0 aliphatic heterocycles. The molecule has 2 rings (SSSR count). The van der Waals surface area contributed by atoms with Gasteiger partial charge in [-0.3, -0.25) is 9.48 Å². The van der Waals surface area contributed by atoms with E-state index in [0.717, 1.165) is 27.1 Å². The number of hydrogen-bond acceptors (Lipinski definition) is 2. The van der Waals surface area contributed by atoms with Crippen LogP contribution in [-0.2, 0) is 14.1 Å². The highest BCUT2D eigenvalue weighted by molar-refractivity contribution is 9.10. The van der Waals surface area contributed by atoms with Crippen molar-refractivity contribution >= 4 is 15.9 Å². The first kappa shape index (κ1) is 14.7. The SMILES string of the molecule is C.Cc1cc(C)c(=O)n(C)c1-c1cc(Br)n(C)n1. The fourth-order valence-corrected chi connectivity index (χ4v) is 2.32. The highest BCUT2D eigenvalue weighted by Gasteiger charge is 2.13. The second-order valence-electron chi connectivity index (χ2n) is 4.20. The van der Waals surface area contributed by atoms with Gasteiger partial charge in [-0.2, -0.15) is 5.10 Å². The lowest BCUT2D eigenvalue weighted by Gasteiger charge is -2.10. The summed E-state index contributed by atoms with van der Waals surface area (Å²) in [7, 11) is 3.63. The van der Waals surface area contributed by atoms with Gasteiger partial charge < -0.3 is 4.57 Å². The van der Waals surface area contributed by atoms with Gasteiger partial charge in [0.05, 0.1) is 5.69 Å². The van der Waals surface area contributed by atoms with E-state index in [2.05, 4.69) is 21.0 Å². The first-order valence-corrected chi connectivity index (χ1v) is 6.08. The predicted octanol–water partition coefficient (Wildman–Crippen LogP) is 2.80. The Morgan fingerprint density at radius 1 is 1.17 bits per heavy atom. The molecule has 0 saturated carbocycles. The van der Waals surface area contributed by atoms with Crippen molar-refractivity contribution in [2.75, 3.05) is 0 Å². The van der Waals surface area contributed by atoms with Crippen molar-refractivity contribution in [1.82, 2.24) is 14.3 Å². The third-order valence-corrected chi connectivity index (χ3v) is 3.59. The van der Waals surface area contributed by atoms with Gasteiger partial charge in [0, 0.05) is 25.7 Å². The van der Waals surface area contributed by atoms with E-state index in [-0.39, 0.29) is 13.0 Å². The fourth-order valence-electron chi connectivity index (χ4n) is 2.02. The molecule has 0 aromatic carbocycles. The number of nitrogens with zero attached hydrogens (tertiary/aromatic N) is 3. The summed E-state index contributed by atoms with van der Waals surface area (Å²) in [5, 5.41) is 4.38. The van der Waals surface area contributed by atoms with Crippen LogP contribution in [0.4, 0.5) is 0 Å². The second kappa shape index (κ2) is 5.10. The van der Waals surface area contributed by atoms with Gasteiger partial charge in [0.1, 0.15) is 10.3 Å². The molecule has 2 heterocycles. The lowest BCUT2D eigenvalue weighted by molar-refractivity contribution is 0.746. The summed E-state index contributed by atoms with van der Waals surface area (Å²) in [6, 6.07) is 3.82. The maximum absolute atomic E-state index is 11.9. The lowest BCUT2D eigenvalue weighted by atomic mass is 10.1. The molecule has 0 bridgehead atoms. The van der Waals surface area contributed by atoms with Crippen LogP contribution in [0, 0.1) is 13.8 Å². The average molecular weight is 312 g/mol. The van der Waals surface area contributed by atoms with Crippen LogP contribution in [0.25, 0.3) is 11.4 Å². The van der Waals surface area contributed by atoms with Gasteiger partial charge in [0.2, 0.25) is 0 Å². The molecule has 98 valence electrons. The van der Waals surface area contributed by atoms with Crippen molar-refractivity contribution in [2.45, 2.75) is 21.3 Å². The average Bonchev–Trinajstić information content (AvgIpc) is 2.56. The van der Waals surface area contributed by atoms with Gasteiger partial charge in [0.25, 0.3) is 5.56 Å². The van der Waals surface area contributed by atoms with Gasteiger partial charge in [-0.1, -0.05) is 7.43 Å². The number of pyridine rings is 1. The summed E-state index contributed by atoms with van der Waals surface area (Å²) in [5.41, 5.74) is 3.49. The standard InChI is InChI=1S/C12H14BrN3O.CH4/c1-7-5-8(2)12(17)15(3)11(7)9-6-10(13)16(4)14-9;/h5-6H,1-4H3;1H4. The molecule has 4 nitrogen and oxygen atoms in total. The van der Waals surface area contributed by atoms with E-state index in [0.29, 0.717) is 0 Å². The zero-order chi connectivity index (χ0) is 12.7. The molecule has 5 heteroatoms. The van der Waals surface area contributed by atoms with Gasteiger partial charge in [-0.25, -0.2) is 0 Å². The normalized spacial score (nSPS) is 10.3. The molecule has 0 aliphatic carbocycles. The molecule has 0 aliphatic rings. The number of rotatable bonds is 1. The van der Waals surface area contributed by atoms with E-state index in [1.165, 1.54) is 0 Å². The van der Waals surface area contributed by atoms with Crippen molar-refractivity contribution in [2.24, 2.45) is 14.1 Å². The highest BCUT2D eigenvalue weighted by Crippen LogP contribution is 2.23. The summed E-state index contributed by atoms with van der Waals surface area (Å²) in [6.45, 7) is 3.82. The van der Waals surface area contributed by atoms with E-state index in [1.807, 2.05) is 33.0 Å². The maximum Gasteiger partial charge on any atom is 0.253 e. The quantitative estimate of drug-likeness (QED) is 0.812. The molecular formula is C13H18BrN3O. The van der Waals surface area contributed by atoms with E-state index in [4.69, 9.17) is 0 Å². The Labute approximate surface area is 115 Å². The second-order valence-corrected chi connectivity index (χ2v) is 5.01. The molecule has 0 radical (unpaired) electrons. The van der Waals surface area contributed by atoms with Crippen LogP contribution in [-0.4, -0.2) is 14.3 Å². The zero-order valence-electron chi connectivity index (χ0n) is 10.3. The van der Waals surface area contributed by atoms with Gasteiger partial charge >= 0.3 is 0 Å². The predicted molar refractivity (Wildman–Crippen MR) is 77.8 cm³/mol. The smallest absolute Gasteiger partial charge is 0.253 e. The molecule has 0 N–H and O–H groups in total. The topological polar surface area (TPSA) is 39.8 Å². The van der Waals surface area contributed by atoms with Crippen LogP contribution in [0.2, 0.25) is 0 Å². The molecule has 0 fully saturated rings. The third kappa shape index (κ3) is 2.27. The molecule has 0 spiro atoms. The Morgan fingerprint density at radius 3 is 2.28 bits per heavy atom. The van der Waals surface area contributed by atoms with Crippen molar-refractivity contribution < 1.29 is 0 Å². The van der Waals surface area contributed by atoms with Crippen molar-refractivity contribution in [3.05, 3.63) is 38.2 Å². The van der Waals surface area contributed by atoms with Gasteiger partial charge in [0.15, 0.2) is 0 Å². The van der Waals surface area contributed by atoms with Crippen LogP contribution in [0.3, 0.4) is 0 Å². The van der Waals surface area contributed by atoms with Gasteiger partial charge in [-0.05, 0) is 41.4 Å². The Morgan fingerprint density at radius 2 is 1.78 bits per heavy atom. The van der Waals surface area contributed by atoms with Crippen molar-refractivity contribution in [1.29, 1.82) is 0 Å². The Kier molecular flexibility index (Phi) is 4.16. The Balaban J connectivity index is 0.00000162. The first-order chi connectivity index (χ1) is 7.91. The first-order valence-electron chi connectivity index (χ1n) is 5.29. The summed E-state index contributed by atoms with van der Waals surface area (Å²) >= 11 is 3.41. The molecule has 0 atom stereocenters. The number of halogens is 1. The van der Waals surface area contributed by atoms with E-state index in [1.54, 1.807) is 16.3 Å². The monoisotopic (exact) mass is 311 g/mol. The maximum atomic E-state index is 11.9. The Hall–Kier alpha value is -1.36. The molecule has 2 aromatic heterocycles. The van der Waals surface area contributed by atoms with E-state index < -0.39 is 0 Å². The minimum Gasteiger partial charge on any atom is -0.309 e. The minimum absolute atomic E-state index is 0. The molecule has 0 saturated heterocycles. The molecule has 0 amide bonds. The number of aromatic nitrogens is 3. The molecule has 18 heavy (non-hydrogen) atoms. The molecule has 2 aromatic rings. The van der Waals surface area contributed by atoms with Crippen LogP contribution in [0.1, 0.15) is 18.6 Å². The Bertz CT molecular complexity index is 621. The number of aryl methyl sites for hydroxylation is 3. The summed E-state index contributed by atoms with van der Waals surface area (Å²) < 4.78 is 4.28. The third-order valence-electron chi connectivity index (χ3n) is 2.85. The van der Waals surface area contributed by atoms with E-state index >= 15 is 0 Å². The molecule has 0 unspecified atom stereocenters. The lowest BCUT2D eigenvalue weighted by Crippen LogP contribution is -2.21. The summed E-state index contributed by atoms with van der Waals surface area (Å²) in [4.78, 5) is 11.9. The summed E-state index contributed by atoms with van der Waals surface area (Å²) in [6.07, 6.45) is 0. The van der Waals surface area contributed by atoms with Crippen molar-refractivity contribution in [3.8, 4) is 11.4 Å². The van der Waals surface area contributed by atoms with Crippen LogP contribution in [0.15, 0.2) is 21.5 Å². The molecular weight excluding hydrogens is 294 g/mol. The largest absolute Gasteiger partial charge is 0.309 e. The van der Waals surface area contributed by atoms with E-state index in [9.17, 15) is 4.79 Å². The van der Waals surface area contributed by atoms with Crippen LogP contribution < -0.4 is 5.56 Å². The summed E-state index contributed by atoms with van der Waals surface area (Å²) in [5.74, 6) is 0.